The van der Waals surface area contributed by atoms with Crippen LogP contribution < -0.4 is 11.4 Å². The maximum absolute atomic E-state index is 11.7. The van der Waals surface area contributed by atoms with Crippen LogP contribution in [-0.2, 0) is 22.7 Å². The van der Waals surface area contributed by atoms with E-state index in [9.17, 15) is 24.1 Å². The van der Waals surface area contributed by atoms with E-state index in [0.29, 0.717) is 0 Å². The average Bonchev–Trinajstić information content (AvgIpc) is 2.71. The summed E-state index contributed by atoms with van der Waals surface area (Å²) in [5, 5.41) is 19.8. The molecule has 14 nitrogen and oxygen atoms in total. The van der Waals surface area contributed by atoms with Crippen LogP contribution in [0.15, 0.2) is 17.1 Å². The molecule has 2 heterocycles. The molecule has 0 spiro atoms. The van der Waals surface area contributed by atoms with Gasteiger partial charge in [-0.25, -0.2) is 13.9 Å². The second-order valence-electron chi connectivity index (χ2n) is 4.93. The minimum Gasteiger partial charge on any atom is -0.387 e. The second-order valence-corrected chi connectivity index (χ2v) is 7.75. The van der Waals surface area contributed by atoms with Crippen molar-refractivity contribution in [1.29, 1.82) is 0 Å². The van der Waals surface area contributed by atoms with Crippen molar-refractivity contribution in [3.8, 4) is 0 Å². The molecule has 142 valence electrons. The molecule has 1 aromatic heterocycles. The zero-order valence-corrected chi connectivity index (χ0v) is 14.0. The zero-order valence-electron chi connectivity index (χ0n) is 12.2. The van der Waals surface area contributed by atoms with Gasteiger partial charge >= 0.3 is 21.3 Å². The number of nitrogens with zero attached hydrogens (tertiary/aromatic N) is 2. The van der Waals surface area contributed by atoms with Gasteiger partial charge in [-0.2, -0.15) is 9.29 Å². The Morgan fingerprint density at radius 3 is 2.48 bits per heavy atom. The fraction of sp³-hybridized carbons (Fsp3) is 0.556. The largest absolute Gasteiger partial charge is 0.481 e. The average molecular weight is 403 g/mol. The maximum atomic E-state index is 11.7. The Morgan fingerprint density at radius 1 is 1.28 bits per heavy atom. The first kappa shape index (κ1) is 20.1. The molecule has 0 bridgehead atoms. The molecule has 1 aliphatic heterocycles. The first-order valence-corrected chi connectivity index (χ1v) is 9.53. The molecule has 7 N–H and O–H groups in total. The molecule has 5 atom stereocenters. The summed E-state index contributed by atoms with van der Waals surface area (Å²) in [5.74, 6) is -0.0787. The SMILES string of the molecule is Nc1ccn([C@H]2O[C@H](COP(=O)(O)OP(=O)(O)O)[C@@H](O)[C@@H]2O)c(=O)n1. The van der Waals surface area contributed by atoms with Crippen LogP contribution in [0.1, 0.15) is 6.23 Å². The van der Waals surface area contributed by atoms with E-state index in [4.69, 9.17) is 25.2 Å². The maximum Gasteiger partial charge on any atom is 0.481 e. The molecular weight excluding hydrogens is 388 g/mol. The zero-order chi connectivity index (χ0) is 19.0. The van der Waals surface area contributed by atoms with Gasteiger partial charge in [-0.05, 0) is 6.07 Å². The number of anilines is 1. The predicted octanol–water partition coefficient (Wildman–Crippen LogP) is -2.33. The monoisotopic (exact) mass is 403 g/mol. The lowest BCUT2D eigenvalue weighted by atomic mass is 10.1. The summed E-state index contributed by atoms with van der Waals surface area (Å²) in [6.07, 6.45) is -4.93. The van der Waals surface area contributed by atoms with E-state index >= 15 is 0 Å². The first-order chi connectivity index (χ1) is 11.4. The molecule has 1 aromatic rings. The number of rotatable bonds is 6. The van der Waals surface area contributed by atoms with Crippen LogP contribution >= 0.6 is 15.6 Å². The van der Waals surface area contributed by atoms with E-state index < -0.39 is 52.5 Å². The van der Waals surface area contributed by atoms with Gasteiger partial charge in [-0.3, -0.25) is 9.09 Å². The van der Waals surface area contributed by atoms with Crippen LogP contribution in [0.2, 0.25) is 0 Å². The number of hydrogen-bond acceptors (Lipinski definition) is 10. The number of aromatic nitrogens is 2. The molecule has 0 aliphatic carbocycles. The topological polar surface area (TPSA) is 224 Å². The first-order valence-electron chi connectivity index (χ1n) is 6.50. The molecule has 0 radical (unpaired) electrons. The Morgan fingerprint density at radius 2 is 1.92 bits per heavy atom. The van der Waals surface area contributed by atoms with Gasteiger partial charge in [-0.1, -0.05) is 0 Å². The molecule has 25 heavy (non-hydrogen) atoms. The van der Waals surface area contributed by atoms with Gasteiger partial charge in [0.05, 0.1) is 6.61 Å². The highest BCUT2D eigenvalue weighted by Crippen LogP contribution is 2.57. The molecule has 2 rings (SSSR count). The third-order valence-corrected chi connectivity index (χ3v) is 5.23. The lowest BCUT2D eigenvalue weighted by Gasteiger charge is -2.17. The van der Waals surface area contributed by atoms with Crippen molar-refractivity contribution < 1.29 is 47.6 Å². The van der Waals surface area contributed by atoms with E-state index in [1.807, 2.05) is 0 Å². The van der Waals surface area contributed by atoms with Crippen molar-refractivity contribution in [2.75, 3.05) is 12.3 Å². The van der Waals surface area contributed by atoms with Crippen molar-refractivity contribution in [3.05, 3.63) is 22.7 Å². The van der Waals surface area contributed by atoms with E-state index in [1.165, 1.54) is 6.07 Å². The fourth-order valence-electron chi connectivity index (χ4n) is 2.04. The summed E-state index contributed by atoms with van der Waals surface area (Å²) in [4.78, 5) is 41.3. The van der Waals surface area contributed by atoms with Crippen LogP contribution in [0.25, 0.3) is 0 Å². The van der Waals surface area contributed by atoms with Crippen LogP contribution in [0, 0.1) is 0 Å². The number of aliphatic hydroxyl groups is 2. The summed E-state index contributed by atoms with van der Waals surface area (Å²) in [7, 11) is -10.5. The van der Waals surface area contributed by atoms with E-state index in [2.05, 4.69) is 13.8 Å². The summed E-state index contributed by atoms with van der Waals surface area (Å²) in [5.41, 5.74) is 4.45. The summed E-state index contributed by atoms with van der Waals surface area (Å²) < 4.78 is 35.8. The Kier molecular flexibility index (Phi) is 5.81. The van der Waals surface area contributed by atoms with E-state index in [0.717, 1.165) is 10.8 Å². The number of nitrogens with two attached hydrogens (primary N) is 1. The Balaban J connectivity index is 2.08. The van der Waals surface area contributed by atoms with Crippen molar-refractivity contribution in [3.63, 3.8) is 0 Å². The lowest BCUT2D eigenvalue weighted by molar-refractivity contribution is -0.0541. The third-order valence-electron chi connectivity index (χ3n) is 3.07. The van der Waals surface area contributed by atoms with Gasteiger partial charge in [0, 0.05) is 6.20 Å². The van der Waals surface area contributed by atoms with Crippen molar-refractivity contribution in [2.45, 2.75) is 24.5 Å². The number of hydrogen-bond donors (Lipinski definition) is 6. The molecule has 0 amide bonds. The molecule has 0 aromatic carbocycles. The van der Waals surface area contributed by atoms with Crippen LogP contribution in [0.4, 0.5) is 5.82 Å². The third kappa shape index (κ3) is 5.15. The molecule has 1 saturated heterocycles. The van der Waals surface area contributed by atoms with Crippen LogP contribution in [-0.4, -0.2) is 59.4 Å². The summed E-state index contributed by atoms with van der Waals surface area (Å²) in [6.45, 7) is -0.875. The molecule has 1 unspecified atom stereocenters. The normalized spacial score (nSPS) is 29.5. The smallest absolute Gasteiger partial charge is 0.387 e. The summed E-state index contributed by atoms with van der Waals surface area (Å²) in [6, 6.07) is 1.24. The van der Waals surface area contributed by atoms with Gasteiger partial charge < -0.3 is 35.4 Å². The number of phosphoric acid groups is 2. The number of ether oxygens (including phenoxy) is 1. The highest BCUT2D eigenvalue weighted by molar-refractivity contribution is 7.60. The molecule has 16 heteroatoms. The molecule has 0 saturated carbocycles. The van der Waals surface area contributed by atoms with Crippen molar-refractivity contribution >= 4 is 21.5 Å². The van der Waals surface area contributed by atoms with Gasteiger partial charge in [0.25, 0.3) is 0 Å². The van der Waals surface area contributed by atoms with E-state index in [1.54, 1.807) is 0 Å². The second kappa shape index (κ2) is 7.21. The standard InChI is InChI=1S/C9H15N3O11P2/c10-5-1-2-12(9(15)11-5)8-7(14)6(13)4(22-8)3-21-25(19,20)23-24(16,17)18/h1-2,4,6-8,13-14H,3H2,(H,19,20)(H2,10,11,15)(H2,16,17,18)/t4-,6-,7+,8+/m1/s1. The quantitative estimate of drug-likeness (QED) is 0.274. The Hall–Kier alpha value is -1.18. The predicted molar refractivity (Wildman–Crippen MR) is 77.7 cm³/mol. The van der Waals surface area contributed by atoms with Crippen LogP contribution in [0.5, 0.6) is 0 Å². The van der Waals surface area contributed by atoms with Crippen molar-refractivity contribution in [1.82, 2.24) is 9.55 Å². The fourth-order valence-corrected chi connectivity index (χ4v) is 3.64. The molecule has 1 fully saturated rings. The highest BCUT2D eigenvalue weighted by atomic mass is 31.3. The number of nitrogen functional groups attached to an aromatic ring is 1. The van der Waals surface area contributed by atoms with Gasteiger partial charge in [0.15, 0.2) is 6.23 Å². The minimum absolute atomic E-state index is 0.0787. The Bertz CT molecular complexity index is 778. The lowest BCUT2D eigenvalue weighted by Crippen LogP contribution is -2.36. The van der Waals surface area contributed by atoms with Crippen molar-refractivity contribution in [2.24, 2.45) is 0 Å². The van der Waals surface area contributed by atoms with Crippen LogP contribution in [0.3, 0.4) is 0 Å². The number of aliphatic hydroxyl groups excluding tert-OH is 2. The number of phosphoric ester groups is 1. The van der Waals surface area contributed by atoms with E-state index in [-0.39, 0.29) is 5.82 Å². The molecule has 1 aliphatic rings. The van der Waals surface area contributed by atoms with Gasteiger partial charge in [0.1, 0.15) is 24.1 Å². The van der Waals surface area contributed by atoms with Gasteiger partial charge in [0.2, 0.25) is 0 Å². The minimum atomic E-state index is -5.30. The highest BCUT2D eigenvalue weighted by Gasteiger charge is 2.45. The van der Waals surface area contributed by atoms with Gasteiger partial charge in [-0.15, -0.1) is 0 Å². The summed E-state index contributed by atoms with van der Waals surface area (Å²) >= 11 is 0. The molecular formula is C9H15N3O11P2. The Labute approximate surface area is 139 Å².